The number of guanidine groups is 1. The highest BCUT2D eigenvalue weighted by molar-refractivity contribution is 14.0. The molecule has 0 saturated carbocycles. The summed E-state index contributed by atoms with van der Waals surface area (Å²) in [5, 5.41) is 6.67. The highest BCUT2D eigenvalue weighted by Crippen LogP contribution is 2.20. The molecule has 1 fully saturated rings. The summed E-state index contributed by atoms with van der Waals surface area (Å²) in [6, 6.07) is 16.0. The van der Waals surface area contributed by atoms with Crippen LogP contribution in [0.25, 0.3) is 0 Å². The van der Waals surface area contributed by atoms with Gasteiger partial charge in [-0.1, -0.05) is 36.4 Å². The van der Waals surface area contributed by atoms with E-state index in [0.717, 1.165) is 31.2 Å². The normalized spacial score (nSPS) is 16.9. The predicted octanol–water partition coefficient (Wildman–Crippen LogP) is 3.78. The van der Waals surface area contributed by atoms with E-state index in [0.29, 0.717) is 12.6 Å². The van der Waals surface area contributed by atoms with Crippen LogP contribution in [0.5, 0.6) is 5.75 Å². The summed E-state index contributed by atoms with van der Waals surface area (Å²) in [6.07, 6.45) is 2.40. The lowest BCUT2D eigenvalue weighted by molar-refractivity contribution is 0.245. The molecule has 0 amide bonds. The van der Waals surface area contributed by atoms with Gasteiger partial charge in [0.05, 0.1) is 7.11 Å². The zero-order valence-electron chi connectivity index (χ0n) is 17.0. The topological polar surface area (TPSA) is 48.9 Å². The van der Waals surface area contributed by atoms with Crippen molar-refractivity contribution in [3.05, 3.63) is 65.5 Å². The Morgan fingerprint density at radius 1 is 1.17 bits per heavy atom. The average molecular weight is 512 g/mol. The number of rotatable bonds is 7. The quantitative estimate of drug-likeness (QED) is 0.337. The van der Waals surface area contributed by atoms with Gasteiger partial charge in [-0.2, -0.15) is 0 Å². The van der Waals surface area contributed by atoms with Crippen molar-refractivity contribution in [2.24, 2.45) is 4.99 Å². The van der Waals surface area contributed by atoms with Crippen LogP contribution in [-0.4, -0.2) is 44.1 Å². The number of hydrogen-bond acceptors (Lipinski definition) is 3. The lowest BCUT2D eigenvalue weighted by atomic mass is 10.2. The Kier molecular flexibility index (Phi) is 9.66. The summed E-state index contributed by atoms with van der Waals surface area (Å²) < 4.78 is 18.8. The van der Waals surface area contributed by atoms with E-state index < -0.39 is 0 Å². The molecule has 3 rings (SSSR count). The molecule has 7 heteroatoms. The molecule has 0 aromatic heterocycles. The summed E-state index contributed by atoms with van der Waals surface area (Å²) in [4.78, 5) is 6.81. The second kappa shape index (κ2) is 12.0. The van der Waals surface area contributed by atoms with E-state index in [1.165, 1.54) is 31.6 Å². The van der Waals surface area contributed by atoms with Crippen LogP contribution in [-0.2, 0) is 13.1 Å². The van der Waals surface area contributed by atoms with E-state index in [1.54, 1.807) is 13.1 Å². The van der Waals surface area contributed by atoms with Gasteiger partial charge in [0.15, 0.2) is 17.5 Å². The van der Waals surface area contributed by atoms with Crippen molar-refractivity contribution in [3.8, 4) is 5.75 Å². The number of nitrogens with zero attached hydrogens (tertiary/aromatic N) is 2. The maximum absolute atomic E-state index is 13.8. The molecule has 0 spiro atoms. The molecule has 5 nitrogen and oxygen atoms in total. The van der Waals surface area contributed by atoms with Gasteiger partial charge in [-0.25, -0.2) is 4.39 Å². The minimum absolute atomic E-state index is 0. The molecule has 158 valence electrons. The first-order chi connectivity index (χ1) is 13.7. The van der Waals surface area contributed by atoms with Gasteiger partial charge in [0.2, 0.25) is 0 Å². The predicted molar refractivity (Wildman–Crippen MR) is 126 cm³/mol. The van der Waals surface area contributed by atoms with Crippen LogP contribution in [0.2, 0.25) is 0 Å². The van der Waals surface area contributed by atoms with Crippen LogP contribution in [0.4, 0.5) is 4.39 Å². The van der Waals surface area contributed by atoms with Crippen molar-refractivity contribution in [2.45, 2.75) is 32.0 Å². The number of halogens is 2. The number of ether oxygens (including phenoxy) is 1. The maximum atomic E-state index is 13.8. The molecule has 1 unspecified atom stereocenters. The highest BCUT2D eigenvalue weighted by atomic mass is 127. The Hall–Kier alpha value is -1.87. The third kappa shape index (κ3) is 6.85. The Morgan fingerprint density at radius 3 is 2.66 bits per heavy atom. The van der Waals surface area contributed by atoms with Crippen LogP contribution in [0.3, 0.4) is 0 Å². The van der Waals surface area contributed by atoms with Gasteiger partial charge in [-0.05, 0) is 42.6 Å². The number of likely N-dealkylation sites (tertiary alicyclic amines) is 1. The zero-order chi connectivity index (χ0) is 19.8. The number of hydrogen-bond donors (Lipinski definition) is 2. The second-order valence-electron chi connectivity index (χ2n) is 7.03. The van der Waals surface area contributed by atoms with Gasteiger partial charge in [0.25, 0.3) is 0 Å². The van der Waals surface area contributed by atoms with Crippen LogP contribution < -0.4 is 15.4 Å². The summed E-state index contributed by atoms with van der Waals surface area (Å²) in [5.41, 5.74) is 2.19. The highest BCUT2D eigenvalue weighted by Gasteiger charge is 2.24. The van der Waals surface area contributed by atoms with Crippen molar-refractivity contribution >= 4 is 29.9 Å². The van der Waals surface area contributed by atoms with Gasteiger partial charge in [0, 0.05) is 32.7 Å². The fourth-order valence-electron chi connectivity index (χ4n) is 3.59. The van der Waals surface area contributed by atoms with Gasteiger partial charge < -0.3 is 15.4 Å². The number of methoxy groups -OCH3 is 1. The summed E-state index contributed by atoms with van der Waals surface area (Å²) in [7, 11) is 3.21. The van der Waals surface area contributed by atoms with E-state index in [1.807, 2.05) is 6.07 Å². The van der Waals surface area contributed by atoms with Crippen molar-refractivity contribution in [3.63, 3.8) is 0 Å². The molecular formula is C22H30FIN4O. The fraction of sp³-hybridized carbons (Fsp3) is 0.409. The molecule has 1 heterocycles. The van der Waals surface area contributed by atoms with Gasteiger partial charge in [0.1, 0.15) is 0 Å². The lowest BCUT2D eigenvalue weighted by Gasteiger charge is -2.25. The van der Waals surface area contributed by atoms with Gasteiger partial charge in [-0.3, -0.25) is 9.89 Å². The molecule has 1 aliphatic rings. The first-order valence-electron chi connectivity index (χ1n) is 9.74. The van der Waals surface area contributed by atoms with E-state index in [4.69, 9.17) is 4.74 Å². The van der Waals surface area contributed by atoms with E-state index >= 15 is 0 Å². The Morgan fingerprint density at radius 2 is 1.97 bits per heavy atom. The Labute approximate surface area is 189 Å². The molecule has 1 aliphatic heterocycles. The molecule has 0 radical (unpaired) electrons. The molecule has 0 bridgehead atoms. The molecule has 0 aliphatic carbocycles. The van der Waals surface area contributed by atoms with Gasteiger partial charge in [-0.15, -0.1) is 24.0 Å². The second-order valence-corrected chi connectivity index (χ2v) is 7.03. The Bertz CT molecular complexity index is 788. The summed E-state index contributed by atoms with van der Waals surface area (Å²) in [6.45, 7) is 3.44. The number of nitrogens with one attached hydrogen (secondary N) is 2. The molecule has 2 N–H and O–H groups in total. The molecule has 1 saturated heterocycles. The fourth-order valence-corrected chi connectivity index (χ4v) is 3.59. The van der Waals surface area contributed by atoms with Crippen LogP contribution in [0, 0.1) is 5.82 Å². The van der Waals surface area contributed by atoms with Crippen molar-refractivity contribution in [1.29, 1.82) is 0 Å². The average Bonchev–Trinajstić information content (AvgIpc) is 3.16. The molecular weight excluding hydrogens is 482 g/mol. The summed E-state index contributed by atoms with van der Waals surface area (Å²) >= 11 is 0. The van der Waals surface area contributed by atoms with Gasteiger partial charge >= 0.3 is 0 Å². The monoisotopic (exact) mass is 512 g/mol. The largest absolute Gasteiger partial charge is 0.494 e. The van der Waals surface area contributed by atoms with E-state index in [2.05, 4.69) is 50.9 Å². The van der Waals surface area contributed by atoms with Crippen molar-refractivity contribution in [1.82, 2.24) is 15.5 Å². The van der Waals surface area contributed by atoms with E-state index in [-0.39, 0.29) is 35.5 Å². The third-order valence-electron chi connectivity index (χ3n) is 5.13. The third-order valence-corrected chi connectivity index (χ3v) is 5.13. The minimum atomic E-state index is -0.354. The maximum Gasteiger partial charge on any atom is 0.191 e. The molecule has 1 atom stereocenters. The first kappa shape index (κ1) is 23.4. The molecule has 29 heavy (non-hydrogen) atoms. The molecule has 2 aromatic carbocycles. The minimum Gasteiger partial charge on any atom is -0.494 e. The number of aliphatic imine (C=N–C) groups is 1. The van der Waals surface area contributed by atoms with Crippen molar-refractivity contribution in [2.75, 3.05) is 27.2 Å². The summed E-state index contributed by atoms with van der Waals surface area (Å²) in [5.74, 6) is 0.626. The molecule has 2 aromatic rings. The first-order valence-corrected chi connectivity index (χ1v) is 9.74. The number of benzene rings is 2. The lowest BCUT2D eigenvalue weighted by Crippen LogP contribution is -2.44. The zero-order valence-corrected chi connectivity index (χ0v) is 19.4. The standard InChI is InChI=1S/C22H29FN4O.HI/c1-24-22(25-14-18-10-11-21(28-2)20(23)13-18)26-15-19-9-6-12-27(19)16-17-7-4-3-5-8-17;/h3-5,7-8,10-11,13,19H,6,9,12,14-16H2,1-2H3,(H2,24,25,26);1H. The van der Waals surface area contributed by atoms with Crippen LogP contribution >= 0.6 is 24.0 Å². The van der Waals surface area contributed by atoms with E-state index in [9.17, 15) is 4.39 Å². The van der Waals surface area contributed by atoms with Crippen LogP contribution in [0.1, 0.15) is 24.0 Å². The SMILES string of the molecule is CN=C(NCc1ccc(OC)c(F)c1)NCC1CCCN1Cc1ccccc1.I. The van der Waals surface area contributed by atoms with Crippen molar-refractivity contribution < 1.29 is 9.13 Å². The Balaban J connectivity index is 0.00000300. The van der Waals surface area contributed by atoms with Crippen LogP contribution in [0.15, 0.2) is 53.5 Å². The smallest absolute Gasteiger partial charge is 0.191 e.